The number of carbonyl (C=O) groups excluding carboxylic acids is 2. The molecule has 34 heavy (non-hydrogen) atoms. The van der Waals surface area contributed by atoms with Crippen LogP contribution in [0.2, 0.25) is 0 Å². The van der Waals surface area contributed by atoms with Crippen molar-refractivity contribution in [2.24, 2.45) is 5.92 Å². The number of amides is 2. The molecule has 2 aromatic carbocycles. The van der Waals surface area contributed by atoms with Crippen LogP contribution in [-0.2, 0) is 24.2 Å². The van der Waals surface area contributed by atoms with Crippen LogP contribution in [0.25, 0.3) is 11.1 Å². The third kappa shape index (κ3) is 5.06. The largest absolute Gasteiger partial charge is 0.481 e. The molecule has 180 valence electrons. The van der Waals surface area contributed by atoms with E-state index in [-0.39, 0.29) is 29.9 Å². The van der Waals surface area contributed by atoms with Gasteiger partial charge in [0.05, 0.1) is 17.9 Å². The van der Waals surface area contributed by atoms with E-state index in [1.165, 1.54) is 0 Å². The van der Waals surface area contributed by atoms with Gasteiger partial charge in [-0.05, 0) is 29.2 Å². The maximum atomic E-state index is 12.6. The summed E-state index contributed by atoms with van der Waals surface area (Å²) in [7, 11) is -3.06. The number of benzene rings is 2. The van der Waals surface area contributed by atoms with E-state index in [2.05, 4.69) is 10.6 Å². The van der Waals surface area contributed by atoms with Crippen LogP contribution in [0.4, 0.5) is 4.79 Å². The molecule has 1 fully saturated rings. The van der Waals surface area contributed by atoms with Gasteiger partial charge < -0.3 is 20.5 Å². The molecular formula is C24H26N2O7S. The molecule has 9 nitrogen and oxygen atoms in total. The fourth-order valence-corrected chi connectivity index (χ4v) is 6.29. The topological polar surface area (TPSA) is 139 Å². The molecule has 2 aromatic rings. The number of carbonyl (C=O) groups is 3. The number of hydrogen-bond acceptors (Lipinski definition) is 6. The van der Waals surface area contributed by atoms with Crippen molar-refractivity contribution in [3.05, 3.63) is 59.7 Å². The molecule has 1 aliphatic heterocycles. The van der Waals surface area contributed by atoms with Gasteiger partial charge in [0.15, 0.2) is 9.84 Å². The Morgan fingerprint density at radius 3 is 2.09 bits per heavy atom. The Morgan fingerprint density at radius 1 is 1.00 bits per heavy atom. The highest BCUT2D eigenvalue weighted by Gasteiger charge is 2.38. The molecule has 0 saturated carbocycles. The summed E-state index contributed by atoms with van der Waals surface area (Å²) in [6.07, 6.45) is -1.53. The fourth-order valence-electron chi connectivity index (χ4n) is 4.50. The molecule has 1 aliphatic carbocycles. The zero-order chi connectivity index (χ0) is 24.5. The van der Waals surface area contributed by atoms with Crippen LogP contribution in [0.1, 0.15) is 30.4 Å². The molecule has 0 bridgehead atoms. The molecular weight excluding hydrogens is 460 g/mol. The maximum absolute atomic E-state index is 12.6. The molecule has 1 heterocycles. The van der Waals surface area contributed by atoms with E-state index in [4.69, 9.17) is 4.74 Å². The van der Waals surface area contributed by atoms with E-state index in [0.29, 0.717) is 0 Å². The molecule has 0 radical (unpaired) electrons. The first-order chi connectivity index (χ1) is 16.1. The van der Waals surface area contributed by atoms with Crippen molar-refractivity contribution < 1.29 is 32.6 Å². The van der Waals surface area contributed by atoms with Crippen molar-refractivity contribution in [2.75, 3.05) is 18.1 Å². The van der Waals surface area contributed by atoms with Crippen molar-refractivity contribution in [3.63, 3.8) is 0 Å². The van der Waals surface area contributed by atoms with Crippen molar-refractivity contribution in [2.45, 2.75) is 31.3 Å². The predicted octanol–water partition coefficient (Wildman–Crippen LogP) is 1.92. The summed E-state index contributed by atoms with van der Waals surface area (Å²) >= 11 is 0. The monoisotopic (exact) mass is 486 g/mol. The zero-order valence-corrected chi connectivity index (χ0v) is 19.4. The van der Waals surface area contributed by atoms with Crippen LogP contribution in [0.15, 0.2) is 48.5 Å². The van der Waals surface area contributed by atoms with Crippen LogP contribution in [0, 0.1) is 5.92 Å². The zero-order valence-electron chi connectivity index (χ0n) is 18.6. The number of nitrogens with one attached hydrogen (secondary N) is 2. The summed E-state index contributed by atoms with van der Waals surface area (Å²) in [4.78, 5) is 36.4. The molecule has 2 aliphatic rings. The summed E-state index contributed by atoms with van der Waals surface area (Å²) in [5, 5.41) is 14.1. The van der Waals surface area contributed by atoms with Gasteiger partial charge >= 0.3 is 12.1 Å². The van der Waals surface area contributed by atoms with E-state index in [9.17, 15) is 27.9 Å². The van der Waals surface area contributed by atoms with Gasteiger partial charge in [-0.15, -0.1) is 0 Å². The van der Waals surface area contributed by atoms with Crippen molar-refractivity contribution in [1.29, 1.82) is 0 Å². The standard InChI is InChI=1S/C24H26N2O7S/c1-14(15-12-34(31,32)13-15)25-23(29)21(10-22(27)28)26-24(30)33-11-20-18-8-4-2-6-16(18)17-7-3-5-9-19(17)20/h2-9,14-15,20-21H,10-13H2,1H3,(H,25,29)(H,26,30)(H,27,28). The Hall–Kier alpha value is -3.40. The Morgan fingerprint density at radius 2 is 1.56 bits per heavy atom. The third-order valence-electron chi connectivity index (χ3n) is 6.34. The normalized spacial score (nSPS) is 18.0. The van der Waals surface area contributed by atoms with Gasteiger partial charge in [0.2, 0.25) is 5.91 Å². The van der Waals surface area contributed by atoms with Gasteiger partial charge in [-0.1, -0.05) is 48.5 Å². The highest BCUT2D eigenvalue weighted by molar-refractivity contribution is 7.92. The lowest BCUT2D eigenvalue weighted by atomic mass is 9.98. The number of sulfone groups is 1. The molecule has 2 amide bonds. The molecule has 0 aromatic heterocycles. The summed E-state index contributed by atoms with van der Waals surface area (Å²) in [6, 6.07) is 13.9. The first kappa shape index (κ1) is 23.7. The summed E-state index contributed by atoms with van der Waals surface area (Å²) < 4.78 is 28.2. The van der Waals surface area contributed by atoms with Gasteiger partial charge in [-0.25, -0.2) is 13.2 Å². The van der Waals surface area contributed by atoms with E-state index >= 15 is 0 Å². The highest BCUT2D eigenvalue weighted by atomic mass is 32.2. The fraction of sp³-hybridized carbons (Fsp3) is 0.375. The van der Waals surface area contributed by atoms with E-state index in [0.717, 1.165) is 22.3 Å². The van der Waals surface area contributed by atoms with E-state index in [1.807, 2.05) is 48.5 Å². The van der Waals surface area contributed by atoms with E-state index < -0.39 is 46.3 Å². The molecule has 2 unspecified atom stereocenters. The van der Waals surface area contributed by atoms with Crippen molar-refractivity contribution >= 4 is 27.8 Å². The molecule has 0 spiro atoms. The second-order valence-electron chi connectivity index (χ2n) is 8.75. The number of alkyl carbamates (subject to hydrolysis) is 1. The summed E-state index contributed by atoms with van der Waals surface area (Å²) in [5.74, 6) is -2.44. The Bertz CT molecular complexity index is 1170. The average Bonchev–Trinajstić information content (AvgIpc) is 3.09. The SMILES string of the molecule is CC(NC(=O)C(CC(=O)O)NC(=O)OCC1c2ccccc2-c2ccccc21)C1CS(=O)(=O)C1. The van der Waals surface area contributed by atoms with Crippen molar-refractivity contribution in [1.82, 2.24) is 10.6 Å². The molecule has 3 N–H and O–H groups in total. The van der Waals surface area contributed by atoms with Crippen molar-refractivity contribution in [3.8, 4) is 11.1 Å². The minimum atomic E-state index is -3.06. The molecule has 4 rings (SSSR count). The van der Waals surface area contributed by atoms with Crippen LogP contribution in [0.3, 0.4) is 0 Å². The molecule has 2 atom stereocenters. The number of carboxylic acids is 1. The first-order valence-corrected chi connectivity index (χ1v) is 12.8. The first-order valence-electron chi connectivity index (χ1n) is 11.0. The number of carboxylic acid groups (broad SMARTS) is 1. The van der Waals surface area contributed by atoms with Crippen LogP contribution in [0.5, 0.6) is 0 Å². The smallest absolute Gasteiger partial charge is 0.407 e. The van der Waals surface area contributed by atoms with Gasteiger partial charge in [0, 0.05) is 17.9 Å². The molecule has 10 heteroatoms. The number of aliphatic carboxylic acids is 1. The van der Waals surface area contributed by atoms with Gasteiger partial charge in [-0.2, -0.15) is 0 Å². The Labute approximate surface area is 197 Å². The second kappa shape index (κ2) is 9.46. The Balaban J connectivity index is 1.38. The lowest BCUT2D eigenvalue weighted by molar-refractivity contribution is -0.140. The van der Waals surface area contributed by atoms with Gasteiger partial charge in [0.1, 0.15) is 12.6 Å². The molecule has 1 saturated heterocycles. The predicted molar refractivity (Wildman–Crippen MR) is 124 cm³/mol. The highest BCUT2D eigenvalue weighted by Crippen LogP contribution is 2.44. The average molecular weight is 487 g/mol. The number of fused-ring (bicyclic) bond motifs is 3. The second-order valence-corrected chi connectivity index (χ2v) is 10.9. The summed E-state index contributed by atoms with van der Waals surface area (Å²) in [5.41, 5.74) is 4.20. The van der Waals surface area contributed by atoms with E-state index in [1.54, 1.807) is 6.92 Å². The maximum Gasteiger partial charge on any atom is 0.407 e. The number of rotatable bonds is 8. The quantitative estimate of drug-likeness (QED) is 0.518. The van der Waals surface area contributed by atoms with Crippen LogP contribution < -0.4 is 10.6 Å². The van der Waals surface area contributed by atoms with Crippen LogP contribution >= 0.6 is 0 Å². The summed E-state index contributed by atoms with van der Waals surface area (Å²) in [6.45, 7) is 1.68. The minimum Gasteiger partial charge on any atom is -0.481 e. The number of ether oxygens (including phenoxy) is 1. The number of hydrogen-bond donors (Lipinski definition) is 3. The van der Waals surface area contributed by atoms with Gasteiger partial charge in [-0.3, -0.25) is 9.59 Å². The van der Waals surface area contributed by atoms with Crippen LogP contribution in [-0.4, -0.2) is 61.7 Å². The van der Waals surface area contributed by atoms with Gasteiger partial charge in [0.25, 0.3) is 0 Å². The lowest BCUT2D eigenvalue weighted by Crippen LogP contribution is -2.55. The minimum absolute atomic E-state index is 0.0254. The Kier molecular flexibility index (Phi) is 6.60. The lowest BCUT2D eigenvalue weighted by Gasteiger charge is -2.32. The third-order valence-corrected chi connectivity index (χ3v) is 8.22.